The number of hydrogen-bond acceptors (Lipinski definition) is 6. The van der Waals surface area contributed by atoms with Crippen LogP contribution in [0.3, 0.4) is 0 Å². The van der Waals surface area contributed by atoms with E-state index in [1.54, 1.807) is 30.3 Å². The first-order valence-electron chi connectivity index (χ1n) is 10.1. The molecule has 2 aliphatic rings. The van der Waals surface area contributed by atoms with Crippen LogP contribution in [0.2, 0.25) is 0 Å². The number of ether oxygens (including phenoxy) is 2. The summed E-state index contributed by atoms with van der Waals surface area (Å²) in [5.41, 5.74) is 0.605. The van der Waals surface area contributed by atoms with Gasteiger partial charge in [0.1, 0.15) is 12.1 Å². The Morgan fingerprint density at radius 3 is 2.28 bits per heavy atom. The van der Waals surface area contributed by atoms with E-state index in [1.807, 2.05) is 0 Å². The van der Waals surface area contributed by atoms with Gasteiger partial charge in [0.25, 0.3) is 11.8 Å². The van der Waals surface area contributed by atoms with Crippen molar-refractivity contribution in [3.8, 4) is 5.75 Å². The number of hydrogen-bond donors (Lipinski definition) is 0. The molecule has 2 heterocycles. The van der Waals surface area contributed by atoms with E-state index in [0.717, 1.165) is 4.90 Å². The molecular weight excluding hydrogens is 419 g/mol. The number of fused-ring (bicyclic) bond motifs is 1. The lowest BCUT2D eigenvalue weighted by Crippen LogP contribution is -2.43. The molecule has 0 spiro atoms. The summed E-state index contributed by atoms with van der Waals surface area (Å²) in [4.78, 5) is 52.5. The smallest absolute Gasteiger partial charge is 0.328 e. The van der Waals surface area contributed by atoms with E-state index in [1.165, 1.54) is 30.2 Å². The molecule has 2 aliphatic heterocycles. The van der Waals surface area contributed by atoms with Crippen LogP contribution in [-0.4, -0.2) is 65.8 Å². The first-order valence-corrected chi connectivity index (χ1v) is 10.1. The van der Waals surface area contributed by atoms with Crippen LogP contribution in [-0.2, 0) is 14.3 Å². The Labute approximate surface area is 183 Å². The number of para-hydroxylation sites is 1. The van der Waals surface area contributed by atoms with Crippen molar-refractivity contribution in [1.82, 2.24) is 9.80 Å². The third-order valence-corrected chi connectivity index (χ3v) is 5.61. The molecule has 0 N–H and O–H groups in total. The number of carbonyl (C=O) groups excluding carboxylic acids is 4. The molecule has 2 unspecified atom stereocenters. The van der Waals surface area contributed by atoms with Crippen molar-refractivity contribution in [2.45, 2.75) is 25.0 Å². The maximum Gasteiger partial charge on any atom is 0.328 e. The minimum absolute atomic E-state index is 0.0291. The Hall–Kier alpha value is -3.75. The van der Waals surface area contributed by atoms with Crippen molar-refractivity contribution in [3.05, 3.63) is 65.5 Å². The van der Waals surface area contributed by atoms with E-state index in [2.05, 4.69) is 0 Å². The molecule has 4 rings (SSSR count). The molecule has 0 aromatic heterocycles. The molecule has 8 nitrogen and oxygen atoms in total. The predicted molar refractivity (Wildman–Crippen MR) is 109 cm³/mol. The normalized spacial score (nSPS) is 19.8. The molecule has 1 fully saturated rings. The maximum absolute atomic E-state index is 13.9. The Bertz CT molecular complexity index is 1050. The Morgan fingerprint density at radius 1 is 1.03 bits per heavy atom. The maximum atomic E-state index is 13.9. The van der Waals surface area contributed by atoms with Gasteiger partial charge in [-0.1, -0.05) is 24.3 Å². The van der Waals surface area contributed by atoms with Gasteiger partial charge in [-0.3, -0.25) is 19.3 Å². The summed E-state index contributed by atoms with van der Waals surface area (Å²) in [7, 11) is 1.22. The molecule has 1 saturated heterocycles. The van der Waals surface area contributed by atoms with Crippen LogP contribution in [0.15, 0.2) is 48.5 Å². The average Bonchev–Trinajstić information content (AvgIpc) is 3.33. The van der Waals surface area contributed by atoms with Crippen molar-refractivity contribution in [1.29, 1.82) is 0 Å². The second-order valence-corrected chi connectivity index (χ2v) is 7.55. The second-order valence-electron chi connectivity index (χ2n) is 7.55. The quantitative estimate of drug-likeness (QED) is 0.504. The van der Waals surface area contributed by atoms with E-state index < -0.39 is 41.7 Å². The first-order chi connectivity index (χ1) is 15.4. The zero-order valence-electron chi connectivity index (χ0n) is 17.3. The molecule has 166 valence electrons. The fourth-order valence-electron chi connectivity index (χ4n) is 4.03. The summed E-state index contributed by atoms with van der Waals surface area (Å²) in [5.74, 6) is -2.47. The van der Waals surface area contributed by atoms with Gasteiger partial charge in [-0.2, -0.15) is 0 Å². The topological polar surface area (TPSA) is 93.2 Å². The third-order valence-electron chi connectivity index (χ3n) is 5.61. The molecule has 0 aliphatic carbocycles. The average molecular weight is 440 g/mol. The minimum Gasteiger partial charge on any atom is -0.485 e. The number of imide groups is 1. The van der Waals surface area contributed by atoms with Gasteiger partial charge in [0.15, 0.2) is 11.6 Å². The highest BCUT2D eigenvalue weighted by atomic mass is 19.1. The molecule has 0 bridgehead atoms. The summed E-state index contributed by atoms with van der Waals surface area (Å²) in [6.07, 6.45) is -0.634. The van der Waals surface area contributed by atoms with Gasteiger partial charge in [0, 0.05) is 19.4 Å². The zero-order chi connectivity index (χ0) is 22.8. The van der Waals surface area contributed by atoms with Gasteiger partial charge in [0.2, 0.25) is 5.91 Å². The van der Waals surface area contributed by atoms with Crippen molar-refractivity contribution in [2.24, 2.45) is 0 Å². The SMILES string of the molecule is COC(=O)C1CC(Oc2ccccc2F)CN1C(=O)CCN1C(=O)c2ccccc2C1=O. The van der Waals surface area contributed by atoms with Crippen LogP contribution in [0, 0.1) is 5.82 Å². The standard InChI is InChI=1S/C23H21FN2O6/c1-31-23(30)18-12-14(32-19-9-5-4-8-17(19)24)13-26(18)20(27)10-11-25-21(28)15-6-2-3-7-16(15)22(25)29/h2-9,14,18H,10-13H2,1H3. The number of nitrogens with zero attached hydrogens (tertiary/aromatic N) is 2. The van der Waals surface area contributed by atoms with Gasteiger partial charge in [-0.25, -0.2) is 9.18 Å². The van der Waals surface area contributed by atoms with Gasteiger partial charge < -0.3 is 14.4 Å². The predicted octanol–water partition coefficient (Wildman–Crippen LogP) is 2.03. The summed E-state index contributed by atoms with van der Waals surface area (Å²) in [5, 5.41) is 0. The lowest BCUT2D eigenvalue weighted by Gasteiger charge is -2.23. The minimum atomic E-state index is -0.897. The van der Waals surface area contributed by atoms with Crippen LogP contribution in [0.5, 0.6) is 5.75 Å². The molecular formula is C23H21FN2O6. The zero-order valence-corrected chi connectivity index (χ0v) is 17.3. The summed E-state index contributed by atoms with van der Waals surface area (Å²) in [6.45, 7) is -0.0660. The van der Waals surface area contributed by atoms with Crippen molar-refractivity contribution >= 4 is 23.7 Å². The van der Waals surface area contributed by atoms with E-state index in [-0.39, 0.29) is 31.7 Å². The summed E-state index contributed by atoms with van der Waals surface area (Å²) >= 11 is 0. The van der Waals surface area contributed by atoms with Gasteiger partial charge in [0.05, 0.1) is 24.8 Å². The monoisotopic (exact) mass is 440 g/mol. The second kappa shape index (κ2) is 8.78. The molecule has 0 saturated carbocycles. The number of methoxy groups -OCH3 is 1. The van der Waals surface area contributed by atoms with Crippen LogP contribution < -0.4 is 4.74 Å². The Morgan fingerprint density at radius 2 is 1.66 bits per heavy atom. The highest BCUT2D eigenvalue weighted by molar-refractivity contribution is 6.21. The van der Waals surface area contributed by atoms with Crippen LogP contribution >= 0.6 is 0 Å². The fraction of sp³-hybridized carbons (Fsp3) is 0.304. The fourth-order valence-corrected chi connectivity index (χ4v) is 4.03. The number of carbonyl (C=O) groups is 4. The van der Waals surface area contributed by atoms with Crippen molar-refractivity contribution < 1.29 is 33.0 Å². The number of amides is 3. The number of esters is 1. The third kappa shape index (κ3) is 3.93. The summed E-state index contributed by atoms with van der Waals surface area (Å²) < 4.78 is 24.4. The van der Waals surface area contributed by atoms with Gasteiger partial charge in [-0.15, -0.1) is 0 Å². The largest absolute Gasteiger partial charge is 0.485 e. The molecule has 2 atom stereocenters. The first kappa shape index (κ1) is 21.5. The van der Waals surface area contributed by atoms with Crippen molar-refractivity contribution in [2.75, 3.05) is 20.2 Å². The number of benzene rings is 2. The molecule has 2 aromatic carbocycles. The number of halogens is 1. The molecule has 32 heavy (non-hydrogen) atoms. The molecule has 3 amide bonds. The van der Waals surface area contributed by atoms with E-state index in [9.17, 15) is 23.6 Å². The summed E-state index contributed by atoms with van der Waals surface area (Å²) in [6, 6.07) is 11.4. The molecule has 2 aromatic rings. The highest BCUT2D eigenvalue weighted by Crippen LogP contribution is 2.27. The van der Waals surface area contributed by atoms with Crippen LogP contribution in [0.25, 0.3) is 0 Å². The van der Waals surface area contributed by atoms with E-state index in [0.29, 0.717) is 11.1 Å². The highest BCUT2D eigenvalue weighted by Gasteiger charge is 2.42. The number of likely N-dealkylation sites (tertiary alicyclic amines) is 1. The van der Waals surface area contributed by atoms with E-state index in [4.69, 9.17) is 9.47 Å². The molecule has 0 radical (unpaired) electrons. The van der Waals surface area contributed by atoms with Gasteiger partial charge >= 0.3 is 5.97 Å². The number of rotatable bonds is 6. The molecule has 9 heteroatoms. The van der Waals surface area contributed by atoms with Crippen LogP contribution in [0.4, 0.5) is 4.39 Å². The Balaban J connectivity index is 1.43. The van der Waals surface area contributed by atoms with E-state index >= 15 is 0 Å². The van der Waals surface area contributed by atoms with Crippen LogP contribution in [0.1, 0.15) is 33.6 Å². The van der Waals surface area contributed by atoms with Crippen molar-refractivity contribution in [3.63, 3.8) is 0 Å². The lowest BCUT2D eigenvalue weighted by molar-refractivity contribution is -0.151. The van der Waals surface area contributed by atoms with Gasteiger partial charge in [-0.05, 0) is 24.3 Å². The Kier molecular flexibility index (Phi) is 5.89. The lowest BCUT2D eigenvalue weighted by atomic mass is 10.1.